The molecule has 0 aliphatic carbocycles. The van der Waals surface area contributed by atoms with Gasteiger partial charge in [0.1, 0.15) is 12.2 Å². The van der Waals surface area contributed by atoms with Crippen molar-refractivity contribution in [1.29, 1.82) is 0 Å². The van der Waals surface area contributed by atoms with Crippen LogP contribution in [0, 0.1) is 0 Å². The van der Waals surface area contributed by atoms with Crippen LogP contribution in [0.5, 0.6) is 0 Å². The lowest BCUT2D eigenvalue weighted by atomic mass is 10.0. The van der Waals surface area contributed by atoms with Gasteiger partial charge in [-0.05, 0) is 29.9 Å². The minimum atomic E-state index is -1.16. The molecule has 0 heterocycles. The largest absolute Gasteiger partial charge is 0.388 e. The number of aliphatic hydroxyl groups is 2. The summed E-state index contributed by atoms with van der Waals surface area (Å²) in [5.74, 6) is -0.282. The zero-order valence-electron chi connectivity index (χ0n) is 10.1. The molecule has 19 heavy (non-hydrogen) atoms. The van der Waals surface area contributed by atoms with Gasteiger partial charge in [-0.3, -0.25) is 4.79 Å². The van der Waals surface area contributed by atoms with Gasteiger partial charge >= 0.3 is 0 Å². The first-order chi connectivity index (χ1) is 8.95. The molecule has 0 saturated carbocycles. The number of hydrogen-bond donors (Lipinski definition) is 3. The summed E-state index contributed by atoms with van der Waals surface area (Å²) in [6, 6.07) is 4.61. The predicted octanol–water partition coefficient (Wildman–Crippen LogP) is 1.60. The normalized spacial score (nSPS) is 13.3. The maximum atomic E-state index is 10.7. The Kier molecular flexibility index (Phi) is 6.08. The van der Waals surface area contributed by atoms with E-state index in [1.807, 2.05) is 0 Å². The minimum Gasteiger partial charge on any atom is -0.388 e. The highest BCUT2D eigenvalue weighted by Crippen LogP contribution is 2.28. The molecule has 1 rings (SSSR count). The summed E-state index contributed by atoms with van der Waals surface area (Å²) < 4.78 is 0. The lowest BCUT2D eigenvalue weighted by Gasteiger charge is -2.18. The lowest BCUT2D eigenvalue weighted by Crippen LogP contribution is -2.34. The molecule has 1 aromatic rings. The third-order valence-corrected chi connectivity index (χ3v) is 2.80. The number of aliphatic hydroxyl groups excluding tert-OH is 2. The van der Waals surface area contributed by atoms with Crippen LogP contribution in [0.15, 0.2) is 23.2 Å². The number of aliphatic imine (C=N–C) groups is 1. The van der Waals surface area contributed by atoms with Gasteiger partial charge in [-0.15, -0.1) is 0 Å². The Balaban J connectivity index is 2.82. The number of carbonyl (C=O) groups is 1. The van der Waals surface area contributed by atoms with Crippen LogP contribution in [-0.4, -0.2) is 33.9 Å². The molecule has 0 aliphatic rings. The molecule has 0 spiro atoms. The van der Waals surface area contributed by atoms with Crippen LogP contribution in [0.4, 0.5) is 5.69 Å². The number of rotatable bonds is 5. The Bertz CT molecular complexity index is 518. The number of nitrogens with zero attached hydrogens (tertiary/aromatic N) is 1. The summed E-state index contributed by atoms with van der Waals surface area (Å²) >= 11 is 10.4. The number of thiocarbonyl (C=S) groups is 1. The first-order valence-electron chi connectivity index (χ1n) is 5.43. The molecule has 2 unspecified atom stereocenters. The van der Waals surface area contributed by atoms with Crippen LogP contribution >= 0.6 is 23.8 Å². The molecule has 7 heteroatoms. The van der Waals surface area contributed by atoms with E-state index in [2.05, 4.69) is 27.7 Å². The molecular weight excluding hydrogens is 288 g/mol. The minimum absolute atomic E-state index is 0.0477. The Morgan fingerprint density at radius 3 is 2.79 bits per heavy atom. The third kappa shape index (κ3) is 4.70. The standard InChI is InChI=1S/C12H13ClN2O3S/c1-7(16)14-5-11(17)12(18)8-2-3-10(15-6-19)9(13)4-8/h2-4,11-12,17-18H,5H2,1H3,(H,14,16). The fourth-order valence-electron chi connectivity index (χ4n) is 1.43. The summed E-state index contributed by atoms with van der Waals surface area (Å²) in [5, 5.41) is 24.5. The molecule has 1 amide bonds. The Labute approximate surface area is 120 Å². The monoisotopic (exact) mass is 300 g/mol. The Hall–Kier alpha value is -1.30. The zero-order chi connectivity index (χ0) is 14.4. The number of amides is 1. The van der Waals surface area contributed by atoms with Gasteiger partial charge in [-0.2, -0.15) is 4.99 Å². The second kappa shape index (κ2) is 7.33. The summed E-state index contributed by atoms with van der Waals surface area (Å²) in [6.07, 6.45) is -2.28. The van der Waals surface area contributed by atoms with Crippen molar-refractivity contribution in [2.24, 2.45) is 4.99 Å². The van der Waals surface area contributed by atoms with Crippen LogP contribution in [0.1, 0.15) is 18.6 Å². The quantitative estimate of drug-likeness (QED) is 0.570. The highest BCUT2D eigenvalue weighted by atomic mass is 35.5. The van der Waals surface area contributed by atoms with Crippen molar-refractivity contribution in [2.75, 3.05) is 6.54 Å². The van der Waals surface area contributed by atoms with Crippen molar-refractivity contribution in [2.45, 2.75) is 19.1 Å². The Morgan fingerprint density at radius 2 is 2.26 bits per heavy atom. The van der Waals surface area contributed by atoms with Crippen molar-refractivity contribution in [3.63, 3.8) is 0 Å². The van der Waals surface area contributed by atoms with Gasteiger partial charge in [0.25, 0.3) is 0 Å². The van der Waals surface area contributed by atoms with Gasteiger partial charge in [-0.25, -0.2) is 0 Å². The molecule has 0 aliphatic heterocycles. The number of halogens is 1. The maximum Gasteiger partial charge on any atom is 0.216 e. The smallest absolute Gasteiger partial charge is 0.216 e. The topological polar surface area (TPSA) is 81.9 Å². The zero-order valence-corrected chi connectivity index (χ0v) is 11.7. The first kappa shape index (κ1) is 15.8. The van der Waals surface area contributed by atoms with Crippen LogP contribution < -0.4 is 5.32 Å². The van der Waals surface area contributed by atoms with Gasteiger partial charge in [-0.1, -0.05) is 17.7 Å². The van der Waals surface area contributed by atoms with Gasteiger partial charge in [0.15, 0.2) is 0 Å². The fraction of sp³-hybridized carbons (Fsp3) is 0.333. The molecule has 5 nitrogen and oxygen atoms in total. The van der Waals surface area contributed by atoms with E-state index in [-0.39, 0.29) is 12.5 Å². The molecule has 3 N–H and O–H groups in total. The van der Waals surface area contributed by atoms with Gasteiger partial charge in [0, 0.05) is 13.5 Å². The van der Waals surface area contributed by atoms with E-state index in [9.17, 15) is 15.0 Å². The number of benzene rings is 1. The average molecular weight is 301 g/mol. The lowest BCUT2D eigenvalue weighted by molar-refractivity contribution is -0.119. The molecule has 0 bridgehead atoms. The number of carbonyl (C=O) groups excluding carboxylic acids is 1. The number of hydrogen-bond acceptors (Lipinski definition) is 5. The van der Waals surface area contributed by atoms with E-state index in [0.717, 1.165) is 0 Å². The molecule has 1 aromatic carbocycles. The van der Waals surface area contributed by atoms with E-state index in [4.69, 9.17) is 11.6 Å². The van der Waals surface area contributed by atoms with Gasteiger partial charge in [0.2, 0.25) is 5.91 Å². The highest BCUT2D eigenvalue weighted by molar-refractivity contribution is 7.78. The van der Waals surface area contributed by atoms with E-state index in [1.54, 1.807) is 12.1 Å². The summed E-state index contributed by atoms with van der Waals surface area (Å²) in [4.78, 5) is 14.5. The molecule has 0 fully saturated rings. The Morgan fingerprint density at radius 1 is 1.58 bits per heavy atom. The highest BCUT2D eigenvalue weighted by Gasteiger charge is 2.19. The van der Waals surface area contributed by atoms with Gasteiger partial charge in [0.05, 0.1) is 15.9 Å². The van der Waals surface area contributed by atoms with E-state index in [0.29, 0.717) is 16.3 Å². The molecule has 2 atom stereocenters. The van der Waals surface area contributed by atoms with E-state index in [1.165, 1.54) is 13.0 Å². The van der Waals surface area contributed by atoms with Crippen molar-refractivity contribution in [3.05, 3.63) is 28.8 Å². The predicted molar refractivity (Wildman–Crippen MR) is 75.8 cm³/mol. The summed E-state index contributed by atoms with van der Waals surface area (Å²) in [7, 11) is 0. The SMILES string of the molecule is CC(=O)NCC(O)C(O)c1ccc(N=C=S)c(Cl)c1. The molecular formula is C12H13ClN2O3S. The molecule has 0 radical (unpaired) electrons. The molecule has 0 saturated heterocycles. The summed E-state index contributed by atoms with van der Waals surface area (Å²) in [6.45, 7) is 1.28. The second-order valence-electron chi connectivity index (χ2n) is 3.86. The van der Waals surface area contributed by atoms with Crippen molar-refractivity contribution < 1.29 is 15.0 Å². The van der Waals surface area contributed by atoms with Crippen molar-refractivity contribution in [1.82, 2.24) is 5.32 Å². The van der Waals surface area contributed by atoms with Crippen LogP contribution in [0.25, 0.3) is 0 Å². The molecule has 102 valence electrons. The van der Waals surface area contributed by atoms with E-state index >= 15 is 0 Å². The summed E-state index contributed by atoms with van der Waals surface area (Å²) in [5.41, 5.74) is 0.857. The fourth-order valence-corrected chi connectivity index (χ4v) is 1.76. The van der Waals surface area contributed by atoms with Crippen LogP contribution in [-0.2, 0) is 4.79 Å². The first-order valence-corrected chi connectivity index (χ1v) is 6.22. The van der Waals surface area contributed by atoms with Crippen molar-refractivity contribution >= 4 is 40.6 Å². The van der Waals surface area contributed by atoms with Gasteiger partial charge < -0.3 is 15.5 Å². The maximum absolute atomic E-state index is 10.7. The van der Waals surface area contributed by atoms with Crippen LogP contribution in [0.3, 0.4) is 0 Å². The molecule has 0 aromatic heterocycles. The number of isothiocyanates is 1. The number of nitrogens with one attached hydrogen (secondary N) is 1. The average Bonchev–Trinajstić information content (AvgIpc) is 2.37. The third-order valence-electron chi connectivity index (χ3n) is 2.40. The van der Waals surface area contributed by atoms with Crippen LogP contribution in [0.2, 0.25) is 5.02 Å². The second-order valence-corrected chi connectivity index (χ2v) is 4.45. The van der Waals surface area contributed by atoms with E-state index < -0.39 is 12.2 Å². The van der Waals surface area contributed by atoms with Crippen molar-refractivity contribution in [3.8, 4) is 0 Å².